The second kappa shape index (κ2) is 7.25. The molecule has 0 aliphatic carbocycles. The summed E-state index contributed by atoms with van der Waals surface area (Å²) < 4.78 is 73.2. The Morgan fingerprint density at radius 1 is 1.17 bits per heavy atom. The first-order valence-electron chi connectivity index (χ1n) is 5.34. The molecule has 0 aromatic heterocycles. The van der Waals surface area contributed by atoms with Crippen LogP contribution < -0.4 is 0 Å². The van der Waals surface area contributed by atoms with Gasteiger partial charge in [0.15, 0.2) is 5.12 Å². The number of hydrogen-bond acceptors (Lipinski definition) is 2. The van der Waals surface area contributed by atoms with Crippen molar-refractivity contribution in [3.63, 3.8) is 0 Å². The molecule has 0 bridgehead atoms. The second-order valence-electron chi connectivity index (χ2n) is 3.70. The van der Waals surface area contributed by atoms with Gasteiger partial charge in [0, 0.05) is 18.6 Å². The van der Waals surface area contributed by atoms with Crippen LogP contribution in [0.25, 0.3) is 0 Å². The number of carbonyl (C=O) groups is 1. The molecule has 0 saturated heterocycles. The number of thioether (sulfide) groups is 1. The first kappa shape index (κ1) is 17.6. The summed E-state index contributed by atoms with van der Waals surface area (Å²) in [5, 5.41) is -0.164. The van der Waals surface area contributed by atoms with Gasteiger partial charge in [-0.3, -0.25) is 4.79 Å². The molecular weight excluding hydrogens is 282 g/mol. The van der Waals surface area contributed by atoms with Crippen molar-refractivity contribution in [3.8, 4) is 0 Å². The Morgan fingerprint density at radius 3 is 2.17 bits per heavy atom. The zero-order chi connectivity index (χ0) is 14.4. The maximum atomic E-state index is 13.1. The largest absolute Gasteiger partial charge is 0.453 e. The number of carbonyl (C=O) groups excluding carboxylic acids is 1. The molecule has 0 fully saturated rings. The monoisotopic (exact) mass is 296 g/mol. The van der Waals surface area contributed by atoms with Gasteiger partial charge in [-0.15, -0.1) is 0 Å². The van der Waals surface area contributed by atoms with Crippen molar-refractivity contribution >= 4 is 16.9 Å². The van der Waals surface area contributed by atoms with Crippen LogP contribution in [-0.4, -0.2) is 29.1 Å². The van der Waals surface area contributed by atoms with E-state index in [9.17, 15) is 31.1 Å². The summed E-state index contributed by atoms with van der Waals surface area (Å²) in [4.78, 5) is 10.8. The maximum absolute atomic E-state index is 13.1. The van der Waals surface area contributed by atoms with Crippen LogP contribution in [-0.2, 0) is 4.79 Å². The van der Waals surface area contributed by atoms with Gasteiger partial charge >= 0.3 is 12.1 Å². The summed E-state index contributed by atoms with van der Waals surface area (Å²) in [6.45, 7) is 1.62. The average molecular weight is 296 g/mol. The molecule has 0 aromatic rings. The van der Waals surface area contributed by atoms with Gasteiger partial charge in [-0.1, -0.05) is 18.7 Å². The van der Waals surface area contributed by atoms with Crippen LogP contribution in [0.5, 0.6) is 0 Å². The summed E-state index contributed by atoms with van der Waals surface area (Å²) in [6.07, 6.45) is -9.76. The van der Waals surface area contributed by atoms with E-state index < -0.39 is 31.1 Å². The summed E-state index contributed by atoms with van der Waals surface area (Å²) in [5.41, 5.74) is 0. The molecular formula is C10H14F6OS. The van der Waals surface area contributed by atoms with E-state index in [2.05, 4.69) is 0 Å². The Morgan fingerprint density at radius 2 is 1.72 bits per heavy atom. The highest BCUT2D eigenvalue weighted by Gasteiger charge is 2.56. The lowest BCUT2D eigenvalue weighted by Gasteiger charge is -2.20. The van der Waals surface area contributed by atoms with E-state index in [-0.39, 0.29) is 23.7 Å². The Kier molecular flexibility index (Phi) is 7.09. The van der Waals surface area contributed by atoms with Crippen LogP contribution in [0.1, 0.15) is 32.6 Å². The van der Waals surface area contributed by atoms with Gasteiger partial charge in [-0.25, -0.2) is 4.39 Å². The van der Waals surface area contributed by atoms with E-state index in [4.69, 9.17) is 0 Å². The highest BCUT2D eigenvalue weighted by Crippen LogP contribution is 2.39. The SMILES string of the molecule is CCC(=O)SCCC(F)CCC(F)(F)C(F)(F)F. The zero-order valence-electron chi connectivity index (χ0n) is 9.70. The fourth-order valence-electron chi connectivity index (χ4n) is 1.03. The van der Waals surface area contributed by atoms with E-state index in [1.807, 2.05) is 0 Å². The standard InChI is InChI=1S/C10H14F6OS/c1-2-8(17)18-6-4-7(11)3-5-9(12,13)10(14,15)16/h7H,2-6H2,1H3. The first-order valence-corrected chi connectivity index (χ1v) is 6.33. The number of alkyl halides is 6. The number of halogens is 6. The minimum Gasteiger partial charge on any atom is -0.287 e. The fourth-order valence-corrected chi connectivity index (χ4v) is 1.83. The van der Waals surface area contributed by atoms with Gasteiger partial charge in [0.05, 0.1) is 0 Å². The van der Waals surface area contributed by atoms with Crippen molar-refractivity contribution in [1.29, 1.82) is 0 Å². The van der Waals surface area contributed by atoms with Crippen molar-refractivity contribution in [2.24, 2.45) is 0 Å². The fraction of sp³-hybridized carbons (Fsp3) is 0.900. The third-order valence-corrected chi connectivity index (χ3v) is 3.22. The van der Waals surface area contributed by atoms with Gasteiger partial charge in [0.2, 0.25) is 0 Å². The summed E-state index contributed by atoms with van der Waals surface area (Å²) >= 11 is 0.855. The zero-order valence-corrected chi connectivity index (χ0v) is 10.5. The van der Waals surface area contributed by atoms with Gasteiger partial charge in [-0.05, 0) is 12.8 Å². The molecule has 108 valence electrons. The van der Waals surface area contributed by atoms with Crippen LogP contribution in [0.4, 0.5) is 26.3 Å². The minimum atomic E-state index is -5.64. The van der Waals surface area contributed by atoms with Gasteiger partial charge in [-0.2, -0.15) is 22.0 Å². The van der Waals surface area contributed by atoms with Crippen molar-refractivity contribution in [2.75, 3.05) is 5.75 Å². The lowest BCUT2D eigenvalue weighted by molar-refractivity contribution is -0.285. The Balaban J connectivity index is 3.90. The highest BCUT2D eigenvalue weighted by atomic mass is 32.2. The predicted molar refractivity (Wildman–Crippen MR) is 57.5 cm³/mol. The van der Waals surface area contributed by atoms with E-state index in [0.717, 1.165) is 11.8 Å². The van der Waals surface area contributed by atoms with E-state index in [0.29, 0.717) is 0 Å². The molecule has 0 aromatic carbocycles. The smallest absolute Gasteiger partial charge is 0.287 e. The van der Waals surface area contributed by atoms with Crippen LogP contribution in [0.2, 0.25) is 0 Å². The molecule has 0 radical (unpaired) electrons. The van der Waals surface area contributed by atoms with Gasteiger partial charge in [0.1, 0.15) is 6.17 Å². The molecule has 0 aliphatic rings. The van der Waals surface area contributed by atoms with Crippen LogP contribution in [0.15, 0.2) is 0 Å². The van der Waals surface area contributed by atoms with Crippen LogP contribution >= 0.6 is 11.8 Å². The molecule has 0 rings (SSSR count). The van der Waals surface area contributed by atoms with Crippen molar-refractivity contribution in [1.82, 2.24) is 0 Å². The van der Waals surface area contributed by atoms with Gasteiger partial charge in [0.25, 0.3) is 0 Å². The molecule has 0 spiro atoms. The molecule has 1 nitrogen and oxygen atoms in total. The molecule has 0 aliphatic heterocycles. The van der Waals surface area contributed by atoms with E-state index in [1.54, 1.807) is 6.92 Å². The van der Waals surface area contributed by atoms with Crippen molar-refractivity contribution < 1.29 is 31.1 Å². The van der Waals surface area contributed by atoms with E-state index >= 15 is 0 Å². The third-order valence-electron chi connectivity index (χ3n) is 2.17. The minimum absolute atomic E-state index is 0.0887. The quantitative estimate of drug-likeness (QED) is 0.649. The highest BCUT2D eigenvalue weighted by molar-refractivity contribution is 8.13. The maximum Gasteiger partial charge on any atom is 0.453 e. The van der Waals surface area contributed by atoms with Crippen LogP contribution in [0.3, 0.4) is 0 Å². The summed E-state index contributed by atoms with van der Waals surface area (Å²) in [6, 6.07) is 0. The van der Waals surface area contributed by atoms with Gasteiger partial charge < -0.3 is 0 Å². The normalized spacial score (nSPS) is 14.6. The molecule has 1 unspecified atom stereocenters. The van der Waals surface area contributed by atoms with Crippen LogP contribution in [0, 0.1) is 0 Å². The van der Waals surface area contributed by atoms with Crippen molar-refractivity contribution in [2.45, 2.75) is 50.9 Å². The molecule has 0 heterocycles. The Hall–Kier alpha value is -0.400. The lowest BCUT2D eigenvalue weighted by atomic mass is 10.1. The predicted octanol–water partition coefficient (Wildman–Crippen LogP) is 4.36. The topological polar surface area (TPSA) is 17.1 Å². The Labute approximate surface area is 105 Å². The van der Waals surface area contributed by atoms with E-state index in [1.165, 1.54) is 0 Å². The first-order chi connectivity index (χ1) is 8.10. The second-order valence-corrected chi connectivity index (χ2v) is 4.85. The molecule has 0 N–H and O–H groups in total. The molecule has 18 heavy (non-hydrogen) atoms. The lowest BCUT2D eigenvalue weighted by Crippen LogP contribution is -2.36. The number of rotatable bonds is 7. The molecule has 8 heteroatoms. The molecule has 1 atom stereocenters. The Bertz CT molecular complexity index is 266. The summed E-state index contributed by atoms with van der Waals surface area (Å²) in [7, 11) is 0. The summed E-state index contributed by atoms with van der Waals surface area (Å²) in [5.74, 6) is -4.77. The molecule has 0 amide bonds. The molecule has 0 saturated carbocycles. The third kappa shape index (κ3) is 6.51. The van der Waals surface area contributed by atoms with Crippen molar-refractivity contribution in [3.05, 3.63) is 0 Å². The average Bonchev–Trinajstić information content (AvgIpc) is 2.24. The number of hydrogen-bond donors (Lipinski definition) is 0.